The topological polar surface area (TPSA) is 41.5 Å². The van der Waals surface area contributed by atoms with Crippen LogP contribution in [0.4, 0.5) is 0 Å². The van der Waals surface area contributed by atoms with Gasteiger partial charge in [-0.3, -0.25) is 0 Å². The fraction of sp³-hybridized carbons (Fsp3) is 0.333. The van der Waals surface area contributed by atoms with Crippen molar-refractivity contribution in [2.45, 2.75) is 13.0 Å². The molecule has 18 heavy (non-hydrogen) atoms. The zero-order chi connectivity index (χ0) is 12.8. The van der Waals surface area contributed by atoms with Crippen molar-refractivity contribution in [1.29, 1.82) is 0 Å². The molecule has 0 bridgehead atoms. The largest absolute Gasteiger partial charge is 0.490 e. The number of aliphatic hydroxyl groups excluding tert-OH is 1. The highest BCUT2D eigenvalue weighted by atomic mass is 16.5. The van der Waals surface area contributed by atoms with Crippen LogP contribution in [0.2, 0.25) is 0 Å². The Balaban J connectivity index is 2.03. The van der Waals surface area contributed by atoms with Gasteiger partial charge in [-0.25, -0.2) is 0 Å². The van der Waals surface area contributed by atoms with E-state index in [0.717, 1.165) is 23.1 Å². The highest BCUT2D eigenvalue weighted by Gasteiger charge is 2.06. The van der Waals surface area contributed by atoms with Gasteiger partial charge in [-0.15, -0.1) is 0 Å². The van der Waals surface area contributed by atoms with Crippen LogP contribution < -0.4 is 10.1 Å². The number of rotatable bonds is 6. The highest BCUT2D eigenvalue weighted by Crippen LogP contribution is 2.25. The van der Waals surface area contributed by atoms with E-state index in [1.54, 1.807) is 0 Å². The minimum Gasteiger partial charge on any atom is -0.490 e. The van der Waals surface area contributed by atoms with E-state index < -0.39 is 6.10 Å². The van der Waals surface area contributed by atoms with Gasteiger partial charge in [0.05, 0.1) is 0 Å². The highest BCUT2D eigenvalue weighted by molar-refractivity contribution is 5.88. The number of fused-ring (bicyclic) bond motifs is 1. The average molecular weight is 245 g/mol. The molecular formula is C15H19NO2. The van der Waals surface area contributed by atoms with E-state index >= 15 is 0 Å². The summed E-state index contributed by atoms with van der Waals surface area (Å²) < 4.78 is 5.69. The number of likely N-dealkylation sites (N-methyl/N-ethyl adjacent to an activating group) is 1. The molecule has 0 amide bonds. The lowest BCUT2D eigenvalue weighted by Gasteiger charge is -2.14. The maximum absolute atomic E-state index is 9.73. The summed E-state index contributed by atoms with van der Waals surface area (Å²) in [5.74, 6) is 0.823. The van der Waals surface area contributed by atoms with Crippen molar-refractivity contribution in [1.82, 2.24) is 5.32 Å². The molecule has 0 radical (unpaired) electrons. The van der Waals surface area contributed by atoms with Crippen molar-refractivity contribution < 1.29 is 9.84 Å². The van der Waals surface area contributed by atoms with E-state index in [4.69, 9.17) is 4.74 Å². The monoisotopic (exact) mass is 245 g/mol. The zero-order valence-electron chi connectivity index (χ0n) is 10.6. The van der Waals surface area contributed by atoms with Crippen molar-refractivity contribution in [3.8, 4) is 5.75 Å². The maximum Gasteiger partial charge on any atom is 0.127 e. The van der Waals surface area contributed by atoms with Gasteiger partial charge in [0.1, 0.15) is 18.5 Å². The van der Waals surface area contributed by atoms with Gasteiger partial charge in [0.2, 0.25) is 0 Å². The molecular weight excluding hydrogens is 226 g/mol. The number of benzene rings is 2. The smallest absolute Gasteiger partial charge is 0.127 e. The molecule has 0 unspecified atom stereocenters. The minimum absolute atomic E-state index is 0.307. The first-order valence-electron chi connectivity index (χ1n) is 6.30. The number of ether oxygens (including phenoxy) is 1. The lowest BCUT2D eigenvalue weighted by atomic mass is 10.1. The molecule has 0 saturated heterocycles. The second-order valence-corrected chi connectivity index (χ2v) is 4.25. The van der Waals surface area contributed by atoms with Crippen LogP contribution in [0, 0.1) is 0 Å². The van der Waals surface area contributed by atoms with Crippen LogP contribution in [-0.2, 0) is 0 Å². The molecule has 2 N–H and O–H groups in total. The van der Waals surface area contributed by atoms with Crippen molar-refractivity contribution >= 4 is 10.8 Å². The molecule has 0 aliphatic heterocycles. The van der Waals surface area contributed by atoms with Crippen LogP contribution >= 0.6 is 0 Å². The van der Waals surface area contributed by atoms with E-state index in [-0.39, 0.29) is 0 Å². The summed E-state index contributed by atoms with van der Waals surface area (Å²) >= 11 is 0. The van der Waals surface area contributed by atoms with Crippen LogP contribution in [0.1, 0.15) is 6.92 Å². The second kappa shape index (κ2) is 6.38. The summed E-state index contributed by atoms with van der Waals surface area (Å²) in [4.78, 5) is 0. The number of aliphatic hydroxyl groups is 1. The second-order valence-electron chi connectivity index (χ2n) is 4.25. The number of nitrogens with one attached hydrogen (secondary N) is 1. The van der Waals surface area contributed by atoms with Gasteiger partial charge in [0.25, 0.3) is 0 Å². The molecule has 0 spiro atoms. The molecule has 0 fully saturated rings. The molecule has 2 rings (SSSR count). The van der Waals surface area contributed by atoms with Gasteiger partial charge in [-0.05, 0) is 18.0 Å². The Hall–Kier alpha value is -1.58. The predicted molar refractivity (Wildman–Crippen MR) is 74.0 cm³/mol. The molecule has 2 aromatic rings. The van der Waals surface area contributed by atoms with Crippen LogP contribution in [0.25, 0.3) is 10.8 Å². The number of hydrogen-bond acceptors (Lipinski definition) is 3. The molecule has 3 heteroatoms. The lowest BCUT2D eigenvalue weighted by Crippen LogP contribution is -2.31. The summed E-state index contributed by atoms with van der Waals surface area (Å²) in [6, 6.07) is 14.0. The van der Waals surface area contributed by atoms with Crippen molar-refractivity contribution in [2.75, 3.05) is 19.7 Å². The summed E-state index contributed by atoms with van der Waals surface area (Å²) in [5, 5.41) is 15.0. The third kappa shape index (κ3) is 3.22. The Morgan fingerprint density at radius 3 is 2.78 bits per heavy atom. The standard InChI is InChI=1S/C15H19NO2/c1-2-16-10-13(17)11-18-15-9-5-7-12-6-3-4-8-14(12)15/h3-9,13,16-17H,2,10-11H2,1H3/t13-/m0/s1. The average Bonchev–Trinajstić information content (AvgIpc) is 2.42. The zero-order valence-corrected chi connectivity index (χ0v) is 10.6. The van der Waals surface area contributed by atoms with E-state index in [2.05, 4.69) is 17.4 Å². The van der Waals surface area contributed by atoms with Gasteiger partial charge in [0.15, 0.2) is 0 Å². The van der Waals surface area contributed by atoms with Crippen molar-refractivity contribution in [3.63, 3.8) is 0 Å². The SMILES string of the molecule is CCNC[C@H](O)COc1cccc2ccccc12. The third-order valence-electron chi connectivity index (χ3n) is 2.81. The van der Waals surface area contributed by atoms with E-state index in [1.807, 2.05) is 37.3 Å². The molecule has 2 aromatic carbocycles. The van der Waals surface area contributed by atoms with Gasteiger partial charge < -0.3 is 15.2 Å². The molecule has 3 nitrogen and oxygen atoms in total. The first kappa shape index (κ1) is 12.9. The quantitative estimate of drug-likeness (QED) is 0.819. The van der Waals surface area contributed by atoms with E-state index in [0.29, 0.717) is 13.2 Å². The molecule has 0 saturated carbocycles. The fourth-order valence-electron chi connectivity index (χ4n) is 1.88. The molecule has 0 aromatic heterocycles. The Morgan fingerprint density at radius 1 is 1.17 bits per heavy atom. The summed E-state index contributed by atoms with van der Waals surface area (Å²) in [5.41, 5.74) is 0. The minimum atomic E-state index is -0.482. The summed E-state index contributed by atoms with van der Waals surface area (Å²) in [6.45, 7) is 3.73. The predicted octanol–water partition coefficient (Wildman–Crippen LogP) is 2.19. The van der Waals surface area contributed by atoms with Crippen LogP contribution in [-0.4, -0.2) is 30.9 Å². The van der Waals surface area contributed by atoms with E-state index in [1.165, 1.54) is 0 Å². The van der Waals surface area contributed by atoms with Crippen LogP contribution in [0.15, 0.2) is 42.5 Å². The van der Waals surface area contributed by atoms with Crippen molar-refractivity contribution in [2.24, 2.45) is 0 Å². The Labute approximate surface area is 107 Å². The molecule has 0 aliphatic carbocycles. The molecule has 0 aliphatic rings. The van der Waals surface area contributed by atoms with Gasteiger partial charge in [-0.2, -0.15) is 0 Å². The first-order valence-corrected chi connectivity index (χ1v) is 6.30. The van der Waals surface area contributed by atoms with Crippen LogP contribution in [0.3, 0.4) is 0 Å². The van der Waals surface area contributed by atoms with Gasteiger partial charge in [0, 0.05) is 11.9 Å². The molecule has 1 atom stereocenters. The van der Waals surface area contributed by atoms with Gasteiger partial charge in [-0.1, -0.05) is 43.3 Å². The lowest BCUT2D eigenvalue weighted by molar-refractivity contribution is 0.108. The van der Waals surface area contributed by atoms with Gasteiger partial charge >= 0.3 is 0 Å². The Morgan fingerprint density at radius 2 is 1.94 bits per heavy atom. The van der Waals surface area contributed by atoms with Crippen LogP contribution in [0.5, 0.6) is 5.75 Å². The molecule has 96 valence electrons. The third-order valence-corrected chi connectivity index (χ3v) is 2.81. The summed E-state index contributed by atoms with van der Waals surface area (Å²) in [6.07, 6.45) is -0.482. The number of hydrogen-bond donors (Lipinski definition) is 2. The Bertz CT molecular complexity index is 493. The van der Waals surface area contributed by atoms with E-state index in [9.17, 15) is 5.11 Å². The molecule has 0 heterocycles. The maximum atomic E-state index is 9.73. The fourth-order valence-corrected chi connectivity index (χ4v) is 1.88. The normalized spacial score (nSPS) is 12.6. The van der Waals surface area contributed by atoms with Crippen molar-refractivity contribution in [3.05, 3.63) is 42.5 Å². The summed E-state index contributed by atoms with van der Waals surface area (Å²) in [7, 11) is 0. The first-order chi connectivity index (χ1) is 8.81. The Kier molecular flexibility index (Phi) is 4.56.